The topological polar surface area (TPSA) is 84.6 Å². The quantitative estimate of drug-likeness (QED) is 0.573. The number of thiocarbonyl (C=S) groups is 1. The van der Waals surface area contributed by atoms with E-state index in [2.05, 4.69) is 5.32 Å². The molecule has 0 aromatic heterocycles. The van der Waals surface area contributed by atoms with Crippen LogP contribution in [-0.4, -0.2) is 27.5 Å². The minimum absolute atomic E-state index is 0.0429. The maximum atomic E-state index is 11.1. The number of carbonyl (C=O) groups is 1. The Morgan fingerprint density at radius 2 is 1.90 bits per heavy atom. The van der Waals surface area contributed by atoms with Crippen molar-refractivity contribution in [1.82, 2.24) is 5.32 Å². The molecule has 0 heterocycles. The smallest absolute Gasteiger partial charge is 0.407 e. The molecule has 0 radical (unpaired) electrons. The van der Waals surface area contributed by atoms with Gasteiger partial charge < -0.3 is 15.6 Å². The van der Waals surface area contributed by atoms with Crippen molar-refractivity contribution in [2.75, 3.05) is 0 Å². The van der Waals surface area contributed by atoms with Gasteiger partial charge in [-0.3, -0.25) is 5.32 Å². The van der Waals surface area contributed by atoms with E-state index in [0.29, 0.717) is 0 Å². The van der Waals surface area contributed by atoms with Gasteiger partial charge in [-0.25, -0.2) is 4.79 Å². The molecule has 0 aliphatic rings. The van der Waals surface area contributed by atoms with Crippen molar-refractivity contribution in [1.29, 1.82) is 0 Å². The molecule has 1 aromatic carbocycles. The average Bonchev–Trinajstić information content (AvgIpc) is 2.26. The van der Waals surface area contributed by atoms with Crippen LogP contribution in [0.25, 0.3) is 0 Å². The molecule has 0 saturated carbocycles. The molecule has 0 fully saturated rings. The number of nitrogens with one attached hydrogen (secondary N) is 1. The minimum Gasteiger partial charge on any atom is -0.465 e. The Hall–Kier alpha value is -1.66. The first-order chi connectivity index (χ1) is 9.15. The molecule has 20 heavy (non-hydrogen) atoms. The number of nitrogens with two attached hydrogens (primary N) is 1. The molecule has 1 rings (SSSR count). The summed E-state index contributed by atoms with van der Waals surface area (Å²) in [6.07, 6.45) is -1.01. The fraction of sp³-hybridized carbons (Fsp3) is 0.429. The third kappa shape index (κ3) is 4.79. The molecule has 0 bridgehead atoms. The highest BCUT2D eigenvalue weighted by Crippen LogP contribution is 2.23. The van der Waals surface area contributed by atoms with E-state index in [1.807, 2.05) is 51.1 Å². The van der Waals surface area contributed by atoms with E-state index in [0.717, 1.165) is 5.56 Å². The van der Waals surface area contributed by atoms with E-state index in [1.54, 1.807) is 0 Å². The summed E-state index contributed by atoms with van der Waals surface area (Å²) in [4.78, 5) is 11.0. The molecule has 0 spiro atoms. The second-order valence-corrected chi connectivity index (χ2v) is 5.94. The van der Waals surface area contributed by atoms with E-state index >= 15 is 0 Å². The Morgan fingerprint density at radius 1 is 1.35 bits per heavy atom. The molecule has 5 nitrogen and oxygen atoms in total. The first-order valence-electron chi connectivity index (χ1n) is 6.20. The van der Waals surface area contributed by atoms with Crippen LogP contribution in [0.15, 0.2) is 30.3 Å². The van der Waals surface area contributed by atoms with Gasteiger partial charge >= 0.3 is 6.09 Å². The van der Waals surface area contributed by atoms with Gasteiger partial charge in [0.25, 0.3) is 0 Å². The zero-order chi connectivity index (χ0) is 15.4. The summed E-state index contributed by atoms with van der Waals surface area (Å²) in [5.74, 6) is 0. The first kappa shape index (κ1) is 16.4. The molecule has 4 N–H and O–H groups in total. The molecule has 0 unspecified atom stereocenters. The number of benzene rings is 1. The summed E-state index contributed by atoms with van der Waals surface area (Å²) in [6, 6.07) is 9.32. The van der Waals surface area contributed by atoms with E-state index in [4.69, 9.17) is 27.8 Å². The molecule has 0 aliphatic carbocycles. The number of hydrogen-bond acceptors (Lipinski definition) is 3. The summed E-state index contributed by atoms with van der Waals surface area (Å²) in [6.45, 7) is 5.44. The van der Waals surface area contributed by atoms with Gasteiger partial charge in [-0.05, 0) is 26.3 Å². The van der Waals surface area contributed by atoms with Crippen molar-refractivity contribution < 1.29 is 14.6 Å². The lowest BCUT2D eigenvalue weighted by atomic mass is 10.0. The van der Waals surface area contributed by atoms with Crippen molar-refractivity contribution in [3.8, 4) is 0 Å². The van der Waals surface area contributed by atoms with Gasteiger partial charge in [0.15, 0.2) is 5.72 Å². The van der Waals surface area contributed by atoms with Crippen LogP contribution in [0.3, 0.4) is 0 Å². The van der Waals surface area contributed by atoms with Crippen LogP contribution in [0.4, 0.5) is 4.79 Å². The molecule has 0 saturated heterocycles. The highest BCUT2D eigenvalue weighted by atomic mass is 32.1. The molecule has 1 amide bonds. The van der Waals surface area contributed by atoms with Gasteiger partial charge in [-0.2, -0.15) is 0 Å². The summed E-state index contributed by atoms with van der Waals surface area (Å²) in [5.41, 5.74) is 4.59. The summed E-state index contributed by atoms with van der Waals surface area (Å²) in [5, 5.41) is 11.4. The van der Waals surface area contributed by atoms with Crippen LogP contribution < -0.4 is 11.1 Å². The van der Waals surface area contributed by atoms with Crippen LogP contribution in [0.1, 0.15) is 26.3 Å². The van der Waals surface area contributed by atoms with Gasteiger partial charge in [0, 0.05) is 6.42 Å². The minimum atomic E-state index is -1.43. The molecular formula is C14H20N2O3S. The molecule has 110 valence electrons. The Balaban J connectivity index is 3.15. The lowest BCUT2D eigenvalue weighted by Crippen LogP contribution is -2.62. The molecule has 1 aromatic rings. The maximum Gasteiger partial charge on any atom is 0.407 e. The van der Waals surface area contributed by atoms with Crippen molar-refractivity contribution in [3.05, 3.63) is 35.9 Å². The zero-order valence-electron chi connectivity index (χ0n) is 11.8. The van der Waals surface area contributed by atoms with Crippen molar-refractivity contribution >= 4 is 23.3 Å². The number of amides is 1. The number of ether oxygens (including phenoxy) is 1. The molecule has 0 aliphatic heterocycles. The van der Waals surface area contributed by atoms with Crippen LogP contribution in [-0.2, 0) is 11.2 Å². The monoisotopic (exact) mass is 296 g/mol. The second kappa shape index (κ2) is 6.19. The Morgan fingerprint density at radius 3 is 2.30 bits per heavy atom. The van der Waals surface area contributed by atoms with Gasteiger partial charge in [0.05, 0.1) is 5.60 Å². The van der Waals surface area contributed by atoms with Gasteiger partial charge in [-0.15, -0.1) is 0 Å². The van der Waals surface area contributed by atoms with Crippen molar-refractivity contribution in [2.24, 2.45) is 5.73 Å². The van der Waals surface area contributed by atoms with Crippen LogP contribution >= 0.6 is 12.2 Å². The van der Waals surface area contributed by atoms with Crippen LogP contribution in [0.5, 0.6) is 0 Å². The van der Waals surface area contributed by atoms with E-state index < -0.39 is 17.4 Å². The second-order valence-electron chi connectivity index (χ2n) is 5.50. The highest BCUT2D eigenvalue weighted by molar-refractivity contribution is 7.80. The summed E-state index contributed by atoms with van der Waals surface area (Å²) < 4.78 is 5.84. The number of carboxylic acid groups (broad SMARTS) is 1. The van der Waals surface area contributed by atoms with Gasteiger partial charge in [0.1, 0.15) is 4.99 Å². The standard InChI is InChI=1S/C14H20N2O3S/c1-13(2,3)19-14(11(15)20,16-12(17)18)9-10-7-5-4-6-8-10/h4-8,16H,9H2,1-3H3,(H2,15,20)(H,17,18)/t14-/m0/s1. The van der Waals surface area contributed by atoms with E-state index in [1.165, 1.54) is 0 Å². The predicted octanol–water partition coefficient (Wildman–Crippen LogP) is 2.29. The predicted molar refractivity (Wildman–Crippen MR) is 81.7 cm³/mol. The molecule has 6 heteroatoms. The average molecular weight is 296 g/mol. The van der Waals surface area contributed by atoms with Gasteiger partial charge in [0.2, 0.25) is 0 Å². The third-order valence-corrected chi connectivity index (χ3v) is 2.81. The Bertz CT molecular complexity index is 485. The highest BCUT2D eigenvalue weighted by Gasteiger charge is 2.40. The third-order valence-electron chi connectivity index (χ3n) is 2.48. The van der Waals surface area contributed by atoms with Crippen LogP contribution in [0.2, 0.25) is 0 Å². The SMILES string of the molecule is CC(C)(C)O[C@](Cc1ccccc1)(NC(=O)O)C(N)=S. The number of rotatable bonds is 5. The lowest BCUT2D eigenvalue weighted by molar-refractivity contribution is -0.105. The zero-order valence-corrected chi connectivity index (χ0v) is 12.7. The molecule has 1 atom stereocenters. The van der Waals surface area contributed by atoms with E-state index in [-0.39, 0.29) is 11.4 Å². The van der Waals surface area contributed by atoms with Crippen molar-refractivity contribution in [2.45, 2.75) is 38.5 Å². The largest absolute Gasteiger partial charge is 0.465 e. The first-order valence-corrected chi connectivity index (χ1v) is 6.60. The fourth-order valence-corrected chi connectivity index (χ4v) is 2.05. The van der Waals surface area contributed by atoms with E-state index in [9.17, 15) is 4.79 Å². The van der Waals surface area contributed by atoms with Gasteiger partial charge in [-0.1, -0.05) is 42.5 Å². The molecular weight excluding hydrogens is 276 g/mol. The normalized spacial score (nSPS) is 14.3. The maximum absolute atomic E-state index is 11.1. The number of hydrogen-bond donors (Lipinski definition) is 3. The Kier molecular flexibility index (Phi) is 5.08. The lowest BCUT2D eigenvalue weighted by Gasteiger charge is -2.38. The fourth-order valence-electron chi connectivity index (χ4n) is 1.88. The van der Waals surface area contributed by atoms with Crippen LogP contribution in [0, 0.1) is 0 Å². The Labute approximate surface area is 124 Å². The summed E-state index contributed by atoms with van der Waals surface area (Å²) in [7, 11) is 0. The summed E-state index contributed by atoms with van der Waals surface area (Å²) >= 11 is 5.04. The van der Waals surface area contributed by atoms with Crippen molar-refractivity contribution in [3.63, 3.8) is 0 Å².